The van der Waals surface area contributed by atoms with E-state index in [0.29, 0.717) is 0 Å². The Kier molecular flexibility index (Phi) is 9.08. The predicted molar refractivity (Wildman–Crippen MR) is 176 cm³/mol. The normalized spacial score (nSPS) is 10.5. The molecule has 0 unspecified atom stereocenters. The van der Waals surface area contributed by atoms with E-state index in [1.54, 1.807) is 6.92 Å². The molecule has 0 amide bonds. The molecule has 0 bridgehead atoms. The first-order valence-electron chi connectivity index (χ1n) is 13.8. The second-order valence-corrected chi connectivity index (χ2v) is 9.72. The fourth-order valence-corrected chi connectivity index (χ4v) is 5.72. The molecule has 0 aliphatic heterocycles. The van der Waals surface area contributed by atoms with Gasteiger partial charge in [-0.3, -0.25) is 0 Å². The maximum Gasteiger partial charge on any atom is 3.00 e. The molecule has 0 saturated heterocycles. The van der Waals surface area contributed by atoms with Crippen molar-refractivity contribution in [1.29, 1.82) is 0 Å². The summed E-state index contributed by atoms with van der Waals surface area (Å²) in [5, 5.41) is 10.5. The molecule has 0 aromatic heterocycles. The van der Waals surface area contributed by atoms with Gasteiger partial charge in [-0.25, -0.2) is 0 Å². The molecule has 1 radical (unpaired) electrons. The van der Waals surface area contributed by atoms with E-state index < -0.39 is 0 Å². The van der Waals surface area contributed by atoms with Crippen molar-refractivity contribution in [2.75, 3.05) is 0 Å². The second-order valence-electron chi connectivity index (χ2n) is 9.72. The summed E-state index contributed by atoms with van der Waals surface area (Å²) in [7, 11) is 0. The summed E-state index contributed by atoms with van der Waals surface area (Å²) in [6.07, 6.45) is 0. The fourth-order valence-electron chi connectivity index (χ4n) is 5.72. The van der Waals surface area contributed by atoms with E-state index in [9.17, 15) is 0 Å². The molecular weight excluding hydrogens is 572 g/mol. The Balaban J connectivity index is 0.000000152. The van der Waals surface area contributed by atoms with Crippen molar-refractivity contribution in [3.63, 3.8) is 0 Å². The van der Waals surface area contributed by atoms with Crippen molar-refractivity contribution in [2.24, 2.45) is 0 Å². The van der Waals surface area contributed by atoms with Crippen LogP contribution in [0.3, 0.4) is 0 Å². The molecule has 0 heterocycles. The molecule has 0 nitrogen and oxygen atoms in total. The van der Waals surface area contributed by atoms with Gasteiger partial charge in [0, 0.05) is 0 Å². The molecule has 0 N–H and O–H groups in total. The van der Waals surface area contributed by atoms with Gasteiger partial charge in [-0.1, -0.05) is 108 Å². The molecule has 8 aromatic carbocycles. The summed E-state index contributed by atoms with van der Waals surface area (Å²) in [6, 6.07) is 56.2. The second kappa shape index (κ2) is 13.1. The minimum atomic E-state index is 0. The maximum absolute atomic E-state index is 3.25. The Hall–Kier alpha value is -4.06. The number of benzene rings is 6. The molecule has 1 heteroatoms. The van der Waals surface area contributed by atoms with Crippen molar-refractivity contribution < 1.29 is 26.2 Å². The van der Waals surface area contributed by atoms with Crippen LogP contribution in [0, 0.1) is 6.92 Å². The van der Waals surface area contributed by atoms with Gasteiger partial charge < -0.3 is 6.92 Å². The topological polar surface area (TPSA) is 0 Å². The van der Waals surface area contributed by atoms with E-state index in [1.807, 2.05) is 0 Å². The van der Waals surface area contributed by atoms with Crippen LogP contribution in [0.1, 0.15) is 6.92 Å². The third-order valence-corrected chi connectivity index (χ3v) is 7.52. The largest absolute Gasteiger partial charge is 3.00 e. The van der Waals surface area contributed by atoms with Crippen LogP contribution in [0.5, 0.6) is 0 Å². The molecule has 41 heavy (non-hydrogen) atoms. The summed E-state index contributed by atoms with van der Waals surface area (Å²) in [5.41, 5.74) is 5.27. The van der Waals surface area contributed by atoms with Gasteiger partial charge in [0.15, 0.2) is 0 Å². The van der Waals surface area contributed by atoms with Crippen LogP contribution in [0.25, 0.3) is 65.3 Å². The van der Waals surface area contributed by atoms with Gasteiger partial charge in [-0.15, -0.1) is 57.9 Å². The third kappa shape index (κ3) is 5.61. The Morgan fingerprint density at radius 1 is 0.366 bits per heavy atom. The minimum Gasteiger partial charge on any atom is -0.346 e. The first-order valence-corrected chi connectivity index (χ1v) is 13.8. The molecule has 0 saturated carbocycles. The van der Waals surface area contributed by atoms with E-state index in [1.165, 1.54) is 65.3 Å². The summed E-state index contributed by atoms with van der Waals surface area (Å²) < 4.78 is 0. The molecule has 0 aliphatic rings. The minimum absolute atomic E-state index is 0. The quantitative estimate of drug-likeness (QED) is 0.173. The summed E-state index contributed by atoms with van der Waals surface area (Å²) in [5.74, 6) is 0. The van der Waals surface area contributed by atoms with E-state index in [2.05, 4.69) is 165 Å². The first kappa shape index (κ1) is 28.5. The smallest absolute Gasteiger partial charge is 0.346 e. The molecule has 0 fully saturated rings. The van der Waals surface area contributed by atoms with Crippen molar-refractivity contribution in [3.8, 4) is 22.3 Å². The average Bonchev–Trinajstić information content (AvgIpc) is 3.72. The van der Waals surface area contributed by atoms with Gasteiger partial charge in [-0.05, 0) is 32.7 Å². The van der Waals surface area contributed by atoms with E-state index in [0.717, 1.165) is 0 Å². The monoisotopic (exact) mass is 601 g/mol. The van der Waals surface area contributed by atoms with Crippen molar-refractivity contribution >= 4 is 43.1 Å². The standard InChI is InChI=1S/2C19H13.C2H5.Zr/c2*1-2-10-16-14(6-1)8-4-12-18(16)19-13-5-9-15-7-3-11-17(15)19;1-2;/h2*1-13H;1H2,2H3;/q3*-1;+3. The van der Waals surface area contributed by atoms with Crippen molar-refractivity contribution in [2.45, 2.75) is 6.92 Å². The Morgan fingerprint density at radius 3 is 1.15 bits per heavy atom. The van der Waals surface area contributed by atoms with Crippen molar-refractivity contribution in [1.82, 2.24) is 0 Å². The third-order valence-electron chi connectivity index (χ3n) is 7.52. The van der Waals surface area contributed by atoms with Crippen LogP contribution in [-0.4, -0.2) is 0 Å². The predicted octanol–water partition coefficient (Wildman–Crippen LogP) is 11.6. The van der Waals surface area contributed by atoms with Crippen LogP contribution < -0.4 is 0 Å². The van der Waals surface area contributed by atoms with Crippen molar-refractivity contribution in [3.05, 3.63) is 165 Å². The van der Waals surface area contributed by atoms with Crippen LogP contribution in [-0.2, 0) is 26.2 Å². The molecule has 8 aromatic rings. The zero-order chi connectivity index (χ0) is 27.3. The van der Waals surface area contributed by atoms with Crippen LogP contribution in [0.4, 0.5) is 0 Å². The maximum atomic E-state index is 3.25. The Bertz CT molecular complexity index is 1880. The fraction of sp³-hybridized carbons (Fsp3) is 0.0250. The molecule has 0 aliphatic carbocycles. The summed E-state index contributed by atoms with van der Waals surface area (Å²) in [6.45, 7) is 5.00. The number of rotatable bonds is 2. The number of fused-ring (bicyclic) bond motifs is 4. The van der Waals surface area contributed by atoms with Crippen LogP contribution in [0.2, 0.25) is 0 Å². The average molecular weight is 603 g/mol. The van der Waals surface area contributed by atoms with Gasteiger partial charge in [0.05, 0.1) is 0 Å². The SMILES string of the molecule is [CH2-]C.[Zr+3].c1ccc2c(-c3cccc4[cH-]ccc34)cccc2c1.c1ccc2c(-c3cccc4[cH-]ccc34)cccc2c1. The number of hydrogen-bond donors (Lipinski definition) is 0. The van der Waals surface area contributed by atoms with Crippen LogP contribution >= 0.6 is 0 Å². The summed E-state index contributed by atoms with van der Waals surface area (Å²) >= 11 is 0. The Morgan fingerprint density at radius 2 is 0.707 bits per heavy atom. The van der Waals surface area contributed by atoms with Gasteiger partial charge in [-0.2, -0.15) is 31.2 Å². The Labute approximate surface area is 261 Å². The molecular formula is C40H31Zr. The molecule has 8 rings (SSSR count). The summed E-state index contributed by atoms with van der Waals surface area (Å²) in [4.78, 5) is 0. The van der Waals surface area contributed by atoms with E-state index in [-0.39, 0.29) is 26.2 Å². The first-order chi connectivity index (χ1) is 19.9. The van der Waals surface area contributed by atoms with Crippen LogP contribution in [0.15, 0.2) is 158 Å². The molecule has 0 atom stereocenters. The zero-order valence-corrected chi connectivity index (χ0v) is 25.7. The van der Waals surface area contributed by atoms with Gasteiger partial charge in [0.2, 0.25) is 0 Å². The van der Waals surface area contributed by atoms with Gasteiger partial charge in [0.25, 0.3) is 0 Å². The van der Waals surface area contributed by atoms with E-state index in [4.69, 9.17) is 0 Å². The number of hydrogen-bond acceptors (Lipinski definition) is 0. The van der Waals surface area contributed by atoms with E-state index >= 15 is 0 Å². The van der Waals surface area contributed by atoms with Gasteiger partial charge in [0.1, 0.15) is 0 Å². The molecule has 0 spiro atoms. The zero-order valence-electron chi connectivity index (χ0n) is 23.2. The molecule has 195 valence electrons. The van der Waals surface area contributed by atoms with Gasteiger partial charge >= 0.3 is 26.2 Å².